The Bertz CT molecular complexity index is 1170. The van der Waals surface area contributed by atoms with Gasteiger partial charge < -0.3 is 4.42 Å². The molecule has 25 heavy (non-hydrogen) atoms. The first-order chi connectivity index (χ1) is 12.1. The number of rotatable bonds is 5. The predicted molar refractivity (Wildman–Crippen MR) is 101 cm³/mol. The summed E-state index contributed by atoms with van der Waals surface area (Å²) >= 11 is 2.99. The standard InChI is InChI=1S/C17H15N3O3S2/c1-19-15(21)11-7-10-24-14(11)18-16(19)25-9-4-8-20-12-5-2-3-6-13(12)23-17(20)22/h2-3,5-7,10H,4,8-9H2,1H3. The Morgan fingerprint density at radius 2 is 2.08 bits per heavy atom. The number of benzene rings is 1. The van der Waals surface area contributed by atoms with Gasteiger partial charge in [-0.3, -0.25) is 13.9 Å². The van der Waals surface area contributed by atoms with Crippen LogP contribution in [0.3, 0.4) is 0 Å². The number of fused-ring (bicyclic) bond motifs is 2. The fraction of sp³-hybridized carbons (Fsp3) is 0.235. The number of aromatic nitrogens is 3. The summed E-state index contributed by atoms with van der Waals surface area (Å²) in [4.78, 5) is 29.6. The lowest BCUT2D eigenvalue weighted by Crippen LogP contribution is -2.19. The summed E-state index contributed by atoms with van der Waals surface area (Å²) < 4.78 is 8.46. The van der Waals surface area contributed by atoms with Gasteiger partial charge in [-0.05, 0) is 30.0 Å². The minimum absolute atomic E-state index is 0.0224. The molecule has 0 bridgehead atoms. The summed E-state index contributed by atoms with van der Waals surface area (Å²) in [6, 6.07) is 9.21. The average Bonchev–Trinajstić information content (AvgIpc) is 3.20. The number of thioether (sulfide) groups is 1. The molecule has 0 radical (unpaired) electrons. The zero-order chi connectivity index (χ0) is 17.4. The molecule has 1 aromatic carbocycles. The maximum Gasteiger partial charge on any atom is 0.419 e. The van der Waals surface area contributed by atoms with Crippen molar-refractivity contribution in [2.75, 3.05) is 5.75 Å². The van der Waals surface area contributed by atoms with Crippen LogP contribution in [0.15, 0.2) is 54.9 Å². The predicted octanol–water partition coefficient (Wildman–Crippen LogP) is 3.09. The maximum absolute atomic E-state index is 12.3. The fourth-order valence-electron chi connectivity index (χ4n) is 2.72. The SMILES string of the molecule is Cn1c(SCCCn2c(=O)oc3ccccc32)nc2sccc2c1=O. The van der Waals surface area contributed by atoms with Gasteiger partial charge >= 0.3 is 5.76 Å². The van der Waals surface area contributed by atoms with Crippen molar-refractivity contribution >= 4 is 44.4 Å². The van der Waals surface area contributed by atoms with E-state index in [4.69, 9.17) is 4.42 Å². The van der Waals surface area contributed by atoms with Crippen LogP contribution in [0.1, 0.15) is 6.42 Å². The van der Waals surface area contributed by atoms with Gasteiger partial charge in [0.2, 0.25) is 0 Å². The van der Waals surface area contributed by atoms with Crippen LogP contribution < -0.4 is 11.3 Å². The van der Waals surface area contributed by atoms with E-state index in [2.05, 4.69) is 4.98 Å². The lowest BCUT2D eigenvalue weighted by Gasteiger charge is -2.07. The molecule has 8 heteroatoms. The number of para-hydroxylation sites is 2. The highest BCUT2D eigenvalue weighted by Crippen LogP contribution is 2.21. The molecule has 0 spiro atoms. The quantitative estimate of drug-likeness (QED) is 0.305. The van der Waals surface area contributed by atoms with E-state index in [1.165, 1.54) is 23.1 Å². The van der Waals surface area contributed by atoms with Crippen LogP contribution in [0.5, 0.6) is 0 Å². The van der Waals surface area contributed by atoms with Gasteiger partial charge in [-0.2, -0.15) is 0 Å². The van der Waals surface area contributed by atoms with E-state index >= 15 is 0 Å². The van der Waals surface area contributed by atoms with E-state index in [0.29, 0.717) is 22.7 Å². The second kappa shape index (κ2) is 6.53. The molecule has 0 unspecified atom stereocenters. The molecule has 4 aromatic rings. The van der Waals surface area contributed by atoms with Crippen molar-refractivity contribution in [1.29, 1.82) is 0 Å². The first kappa shape index (κ1) is 16.2. The Morgan fingerprint density at radius 1 is 1.24 bits per heavy atom. The molecule has 4 rings (SSSR count). The number of nitrogens with zero attached hydrogens (tertiary/aromatic N) is 3. The minimum atomic E-state index is -0.336. The molecule has 128 valence electrons. The van der Waals surface area contributed by atoms with Crippen molar-refractivity contribution in [3.05, 3.63) is 56.6 Å². The molecule has 0 saturated carbocycles. The zero-order valence-corrected chi connectivity index (χ0v) is 15.1. The van der Waals surface area contributed by atoms with E-state index in [1.807, 2.05) is 23.6 Å². The number of aryl methyl sites for hydroxylation is 1. The van der Waals surface area contributed by atoms with Crippen LogP contribution in [0.4, 0.5) is 0 Å². The van der Waals surface area contributed by atoms with E-state index < -0.39 is 0 Å². The van der Waals surface area contributed by atoms with Gasteiger partial charge in [0.15, 0.2) is 10.7 Å². The summed E-state index contributed by atoms with van der Waals surface area (Å²) in [5.74, 6) is 0.417. The van der Waals surface area contributed by atoms with Crippen LogP contribution in [-0.4, -0.2) is 19.9 Å². The first-order valence-corrected chi connectivity index (χ1v) is 9.67. The van der Waals surface area contributed by atoms with Crippen molar-refractivity contribution in [3.8, 4) is 0 Å². The van der Waals surface area contributed by atoms with Gasteiger partial charge in [0.05, 0.1) is 10.9 Å². The van der Waals surface area contributed by atoms with Crippen LogP contribution in [0.2, 0.25) is 0 Å². The molecular weight excluding hydrogens is 358 g/mol. The van der Waals surface area contributed by atoms with Crippen molar-refractivity contribution in [1.82, 2.24) is 14.1 Å². The third-order valence-corrected chi connectivity index (χ3v) is 5.92. The third kappa shape index (κ3) is 2.91. The second-order valence-corrected chi connectivity index (χ2v) is 7.54. The highest BCUT2D eigenvalue weighted by Gasteiger charge is 2.11. The molecule has 0 aliphatic rings. The van der Waals surface area contributed by atoms with Crippen LogP contribution in [-0.2, 0) is 13.6 Å². The van der Waals surface area contributed by atoms with Gasteiger partial charge in [-0.25, -0.2) is 9.78 Å². The Morgan fingerprint density at radius 3 is 2.96 bits per heavy atom. The molecule has 6 nitrogen and oxygen atoms in total. The lowest BCUT2D eigenvalue weighted by molar-refractivity contribution is 0.503. The Hall–Kier alpha value is -2.32. The summed E-state index contributed by atoms with van der Waals surface area (Å²) in [5, 5.41) is 3.24. The fourth-order valence-corrected chi connectivity index (χ4v) is 4.42. The monoisotopic (exact) mass is 373 g/mol. The van der Waals surface area contributed by atoms with Crippen LogP contribution >= 0.6 is 23.1 Å². The molecule has 0 aliphatic heterocycles. The molecule has 0 fully saturated rings. The molecule has 0 N–H and O–H groups in total. The topological polar surface area (TPSA) is 70.0 Å². The third-order valence-electron chi connectivity index (χ3n) is 3.99. The van der Waals surface area contributed by atoms with Gasteiger partial charge in [0.1, 0.15) is 4.83 Å². The molecular formula is C17H15N3O3S2. The summed E-state index contributed by atoms with van der Waals surface area (Å²) in [6.07, 6.45) is 0.770. The van der Waals surface area contributed by atoms with Gasteiger partial charge in [-0.1, -0.05) is 23.9 Å². The highest BCUT2D eigenvalue weighted by atomic mass is 32.2. The molecule has 3 aromatic heterocycles. The zero-order valence-electron chi connectivity index (χ0n) is 13.5. The van der Waals surface area contributed by atoms with E-state index in [9.17, 15) is 9.59 Å². The van der Waals surface area contributed by atoms with Crippen molar-refractivity contribution in [2.45, 2.75) is 18.1 Å². The Kier molecular flexibility index (Phi) is 4.22. The normalized spacial score (nSPS) is 11.6. The van der Waals surface area contributed by atoms with Gasteiger partial charge in [0, 0.05) is 19.3 Å². The number of hydrogen-bond acceptors (Lipinski definition) is 6. The molecule has 0 saturated heterocycles. The summed E-state index contributed by atoms with van der Waals surface area (Å²) in [5.41, 5.74) is 1.39. The number of thiophene rings is 1. The van der Waals surface area contributed by atoms with Gasteiger partial charge in [-0.15, -0.1) is 11.3 Å². The Balaban J connectivity index is 1.48. The molecule has 0 atom stereocenters. The van der Waals surface area contributed by atoms with Crippen LogP contribution in [0.25, 0.3) is 21.3 Å². The summed E-state index contributed by atoms with van der Waals surface area (Å²) in [7, 11) is 1.74. The van der Waals surface area contributed by atoms with E-state index in [0.717, 1.165) is 22.5 Å². The molecule has 3 heterocycles. The average molecular weight is 373 g/mol. The lowest BCUT2D eigenvalue weighted by atomic mass is 10.3. The molecule has 0 aliphatic carbocycles. The number of hydrogen-bond donors (Lipinski definition) is 0. The highest BCUT2D eigenvalue weighted by molar-refractivity contribution is 7.99. The largest absolute Gasteiger partial charge is 0.419 e. The minimum Gasteiger partial charge on any atom is -0.408 e. The van der Waals surface area contributed by atoms with Crippen LogP contribution in [0, 0.1) is 0 Å². The second-order valence-electron chi connectivity index (χ2n) is 5.59. The van der Waals surface area contributed by atoms with E-state index in [-0.39, 0.29) is 11.3 Å². The van der Waals surface area contributed by atoms with Crippen molar-refractivity contribution in [3.63, 3.8) is 0 Å². The van der Waals surface area contributed by atoms with E-state index in [1.54, 1.807) is 28.3 Å². The van der Waals surface area contributed by atoms with Gasteiger partial charge in [0.25, 0.3) is 5.56 Å². The maximum atomic E-state index is 12.3. The summed E-state index contributed by atoms with van der Waals surface area (Å²) in [6.45, 7) is 0.567. The molecule has 0 amide bonds. The first-order valence-electron chi connectivity index (χ1n) is 7.80. The number of oxazole rings is 1. The van der Waals surface area contributed by atoms with Crippen molar-refractivity contribution < 1.29 is 4.42 Å². The smallest absolute Gasteiger partial charge is 0.408 e. The Labute approximate surface area is 150 Å². The van der Waals surface area contributed by atoms with Crippen molar-refractivity contribution in [2.24, 2.45) is 7.05 Å².